The summed E-state index contributed by atoms with van der Waals surface area (Å²) < 4.78 is 0. The SMILES string of the molecule is O=C(CP(c1ccccc1)c1ccccc1)CP(c1ccccc1)c1ccccc1. The van der Waals surface area contributed by atoms with Gasteiger partial charge in [-0.3, -0.25) is 4.79 Å². The molecule has 0 saturated heterocycles. The summed E-state index contributed by atoms with van der Waals surface area (Å²) in [7, 11) is -1.40. The third kappa shape index (κ3) is 5.31. The second-order valence-corrected chi connectivity index (χ2v) is 11.5. The largest absolute Gasteiger partial charge is 0.299 e. The van der Waals surface area contributed by atoms with E-state index in [1.54, 1.807) is 0 Å². The molecule has 0 heterocycles. The van der Waals surface area contributed by atoms with E-state index in [4.69, 9.17) is 0 Å². The highest BCUT2D eigenvalue weighted by Crippen LogP contribution is 2.37. The minimum atomic E-state index is -0.698. The summed E-state index contributed by atoms with van der Waals surface area (Å²) in [6.45, 7) is 0. The molecule has 0 aliphatic rings. The predicted octanol–water partition coefficient (Wildman–Crippen LogP) is 4.82. The highest BCUT2D eigenvalue weighted by Gasteiger charge is 2.22. The maximum absolute atomic E-state index is 13.4. The zero-order chi connectivity index (χ0) is 20.6. The van der Waals surface area contributed by atoms with Gasteiger partial charge >= 0.3 is 0 Å². The van der Waals surface area contributed by atoms with Crippen molar-refractivity contribution in [3.8, 4) is 0 Å². The molecule has 0 bridgehead atoms. The molecule has 30 heavy (non-hydrogen) atoms. The number of hydrogen-bond donors (Lipinski definition) is 0. The lowest BCUT2D eigenvalue weighted by atomic mass is 10.4. The number of hydrogen-bond acceptors (Lipinski definition) is 1. The number of rotatable bonds is 8. The van der Waals surface area contributed by atoms with Crippen LogP contribution in [0.2, 0.25) is 0 Å². The average molecular weight is 426 g/mol. The molecular formula is C27H24OP2. The minimum absolute atomic E-state index is 0.340. The Hall–Kier alpha value is -2.59. The van der Waals surface area contributed by atoms with Gasteiger partial charge in [0.2, 0.25) is 0 Å². The molecule has 0 saturated carbocycles. The van der Waals surface area contributed by atoms with Crippen molar-refractivity contribution in [2.45, 2.75) is 0 Å². The lowest BCUT2D eigenvalue weighted by molar-refractivity contribution is -0.114. The first-order chi connectivity index (χ1) is 14.8. The van der Waals surface area contributed by atoms with Gasteiger partial charge in [0, 0.05) is 12.3 Å². The Kier molecular flexibility index (Phi) is 7.20. The molecule has 0 fully saturated rings. The van der Waals surface area contributed by atoms with Crippen LogP contribution in [0, 0.1) is 0 Å². The maximum atomic E-state index is 13.4. The Balaban J connectivity index is 1.60. The maximum Gasteiger partial charge on any atom is 0.142 e. The molecule has 0 unspecified atom stereocenters. The Bertz CT molecular complexity index is 885. The third-order valence-corrected chi connectivity index (χ3v) is 9.96. The van der Waals surface area contributed by atoms with Crippen LogP contribution in [0.25, 0.3) is 0 Å². The quantitative estimate of drug-likeness (QED) is 0.369. The molecular weight excluding hydrogens is 402 g/mol. The van der Waals surface area contributed by atoms with Crippen molar-refractivity contribution >= 4 is 42.8 Å². The molecule has 4 aromatic carbocycles. The van der Waals surface area contributed by atoms with Crippen LogP contribution in [0.15, 0.2) is 121 Å². The van der Waals surface area contributed by atoms with Gasteiger partial charge in [0.1, 0.15) is 5.78 Å². The van der Waals surface area contributed by atoms with Crippen LogP contribution in [0.5, 0.6) is 0 Å². The minimum Gasteiger partial charge on any atom is -0.299 e. The molecule has 3 heteroatoms. The van der Waals surface area contributed by atoms with E-state index < -0.39 is 15.8 Å². The molecule has 0 N–H and O–H groups in total. The number of ketones is 1. The van der Waals surface area contributed by atoms with Crippen molar-refractivity contribution in [3.05, 3.63) is 121 Å². The van der Waals surface area contributed by atoms with E-state index in [9.17, 15) is 4.79 Å². The second-order valence-electron chi connectivity index (χ2n) is 7.05. The lowest BCUT2D eigenvalue weighted by Gasteiger charge is -2.21. The van der Waals surface area contributed by atoms with Crippen molar-refractivity contribution in [2.24, 2.45) is 0 Å². The number of benzene rings is 4. The normalized spacial score (nSPS) is 11.0. The smallest absolute Gasteiger partial charge is 0.142 e. The second kappa shape index (κ2) is 10.4. The molecule has 0 amide bonds. The Morgan fingerprint density at radius 2 is 0.667 bits per heavy atom. The molecule has 0 radical (unpaired) electrons. The zero-order valence-corrected chi connectivity index (χ0v) is 18.6. The summed E-state index contributed by atoms with van der Waals surface area (Å²) in [5.41, 5.74) is 0. The third-order valence-electron chi connectivity index (χ3n) is 4.94. The van der Waals surface area contributed by atoms with Crippen molar-refractivity contribution in [1.29, 1.82) is 0 Å². The van der Waals surface area contributed by atoms with Crippen molar-refractivity contribution in [3.63, 3.8) is 0 Å². The summed E-state index contributed by atoms with van der Waals surface area (Å²) >= 11 is 0. The van der Waals surface area contributed by atoms with Gasteiger partial charge in [0.25, 0.3) is 0 Å². The fourth-order valence-corrected chi connectivity index (χ4v) is 8.06. The van der Waals surface area contributed by atoms with Crippen LogP contribution >= 0.6 is 15.8 Å². The van der Waals surface area contributed by atoms with Gasteiger partial charge in [-0.15, -0.1) is 0 Å². The topological polar surface area (TPSA) is 17.1 Å². The number of carbonyl (C=O) groups is 1. The highest BCUT2D eigenvalue weighted by molar-refractivity contribution is 7.75. The first-order valence-corrected chi connectivity index (χ1v) is 13.1. The summed E-state index contributed by atoms with van der Waals surface area (Å²) in [5, 5.41) is 5.04. The molecule has 1 nitrogen and oxygen atoms in total. The molecule has 4 aromatic rings. The summed E-state index contributed by atoms with van der Waals surface area (Å²) in [6, 6.07) is 41.9. The molecule has 0 atom stereocenters. The van der Waals surface area contributed by atoms with Crippen LogP contribution in [0.3, 0.4) is 0 Å². The molecule has 148 valence electrons. The van der Waals surface area contributed by atoms with Gasteiger partial charge < -0.3 is 0 Å². The fourth-order valence-electron chi connectivity index (χ4n) is 3.50. The van der Waals surface area contributed by atoms with Gasteiger partial charge in [-0.25, -0.2) is 0 Å². The van der Waals surface area contributed by atoms with Crippen molar-refractivity contribution < 1.29 is 4.79 Å². The summed E-state index contributed by atoms with van der Waals surface area (Å²) in [6.07, 6.45) is 1.17. The molecule has 4 rings (SSSR count). The Labute approximate surface area is 181 Å². The van der Waals surface area contributed by atoms with E-state index in [1.807, 2.05) is 24.3 Å². The van der Waals surface area contributed by atoms with E-state index in [-0.39, 0.29) is 0 Å². The summed E-state index contributed by atoms with van der Waals surface area (Å²) in [4.78, 5) is 13.4. The van der Waals surface area contributed by atoms with E-state index in [2.05, 4.69) is 97.1 Å². The van der Waals surface area contributed by atoms with Gasteiger partial charge in [0.05, 0.1) is 0 Å². The van der Waals surface area contributed by atoms with E-state index in [0.717, 1.165) is 0 Å². The first kappa shape index (κ1) is 20.7. The van der Waals surface area contributed by atoms with E-state index in [1.165, 1.54) is 21.2 Å². The van der Waals surface area contributed by atoms with Crippen LogP contribution in [-0.4, -0.2) is 18.1 Å². The van der Waals surface area contributed by atoms with Gasteiger partial charge in [0.15, 0.2) is 0 Å². The standard InChI is InChI=1S/C27H24OP2/c28-23(21-29(24-13-5-1-6-14-24)25-15-7-2-8-16-25)22-30(26-17-9-3-10-18-26)27-19-11-4-12-20-27/h1-20H,21-22H2. The van der Waals surface area contributed by atoms with Gasteiger partial charge in [-0.05, 0) is 37.1 Å². The molecule has 0 aliphatic heterocycles. The van der Waals surface area contributed by atoms with Gasteiger partial charge in [-0.1, -0.05) is 121 Å². The van der Waals surface area contributed by atoms with E-state index in [0.29, 0.717) is 18.1 Å². The number of Topliss-reactive ketones (excluding diaryl/α,β-unsaturated/α-hetero) is 1. The van der Waals surface area contributed by atoms with Crippen LogP contribution in [-0.2, 0) is 4.79 Å². The fraction of sp³-hybridized carbons (Fsp3) is 0.0741. The predicted molar refractivity (Wildman–Crippen MR) is 133 cm³/mol. The highest BCUT2D eigenvalue weighted by atomic mass is 31.1. The molecule has 0 aromatic heterocycles. The Morgan fingerprint density at radius 1 is 0.433 bits per heavy atom. The van der Waals surface area contributed by atoms with Crippen LogP contribution in [0.4, 0.5) is 0 Å². The van der Waals surface area contributed by atoms with E-state index >= 15 is 0 Å². The zero-order valence-electron chi connectivity index (χ0n) is 16.8. The van der Waals surface area contributed by atoms with Crippen LogP contribution in [0.1, 0.15) is 0 Å². The monoisotopic (exact) mass is 426 g/mol. The van der Waals surface area contributed by atoms with Crippen molar-refractivity contribution in [2.75, 3.05) is 12.3 Å². The molecule has 0 spiro atoms. The average Bonchev–Trinajstić information content (AvgIpc) is 2.83. The van der Waals surface area contributed by atoms with Crippen molar-refractivity contribution in [1.82, 2.24) is 0 Å². The summed E-state index contributed by atoms with van der Waals surface area (Å²) in [5.74, 6) is 0.340. The lowest BCUT2D eigenvalue weighted by Crippen LogP contribution is -2.23. The number of carbonyl (C=O) groups excluding carboxylic acids is 1. The first-order valence-electron chi connectivity index (χ1n) is 10.1. The van der Waals surface area contributed by atoms with Crippen LogP contribution < -0.4 is 21.2 Å². The Morgan fingerprint density at radius 3 is 0.900 bits per heavy atom. The molecule has 0 aliphatic carbocycles. The van der Waals surface area contributed by atoms with Gasteiger partial charge in [-0.2, -0.15) is 0 Å².